The maximum Gasteiger partial charge on any atom is 0.309 e. The topological polar surface area (TPSA) is 26.3 Å². The monoisotopic (exact) mass is 336 g/mol. The molecule has 2 saturated carbocycles. The van der Waals surface area contributed by atoms with E-state index in [1.807, 2.05) is 0 Å². The van der Waals surface area contributed by atoms with E-state index < -0.39 is 0 Å². The lowest BCUT2D eigenvalue weighted by molar-refractivity contribution is -0.158. The molecule has 0 saturated heterocycles. The van der Waals surface area contributed by atoms with Gasteiger partial charge in [-0.15, -0.1) is 0 Å². The number of unbranched alkanes of at least 4 members (excludes halogenated alkanes) is 2. The fourth-order valence-electron chi connectivity index (χ4n) is 4.89. The molecule has 2 heteroatoms. The summed E-state index contributed by atoms with van der Waals surface area (Å²) in [4.78, 5) is 12.5. The summed E-state index contributed by atoms with van der Waals surface area (Å²) in [5.74, 6) is 1.18. The van der Waals surface area contributed by atoms with Crippen LogP contribution in [0, 0.1) is 17.3 Å². The van der Waals surface area contributed by atoms with Gasteiger partial charge >= 0.3 is 5.97 Å². The van der Waals surface area contributed by atoms with Gasteiger partial charge < -0.3 is 4.74 Å². The van der Waals surface area contributed by atoms with Crippen molar-refractivity contribution in [3.05, 3.63) is 0 Å². The molecule has 2 rings (SSSR count). The molecule has 0 amide bonds. The summed E-state index contributed by atoms with van der Waals surface area (Å²) in [5, 5.41) is 0. The molecule has 24 heavy (non-hydrogen) atoms. The molecular weight excluding hydrogens is 296 g/mol. The van der Waals surface area contributed by atoms with Gasteiger partial charge in [-0.2, -0.15) is 0 Å². The fourth-order valence-corrected chi connectivity index (χ4v) is 4.89. The average Bonchev–Trinajstić information content (AvgIpc) is 2.57. The Balaban J connectivity index is 1.65. The molecule has 0 atom stereocenters. The Morgan fingerprint density at radius 2 is 1.62 bits per heavy atom. The first-order chi connectivity index (χ1) is 11.6. The van der Waals surface area contributed by atoms with Crippen molar-refractivity contribution in [2.75, 3.05) is 0 Å². The quantitative estimate of drug-likeness (QED) is 0.365. The van der Waals surface area contributed by atoms with Gasteiger partial charge in [0, 0.05) is 0 Å². The van der Waals surface area contributed by atoms with E-state index in [4.69, 9.17) is 4.74 Å². The first-order valence-electron chi connectivity index (χ1n) is 10.8. The third kappa shape index (κ3) is 6.08. The average molecular weight is 337 g/mol. The van der Waals surface area contributed by atoms with E-state index in [1.54, 1.807) is 0 Å². The molecule has 0 aromatic rings. The van der Waals surface area contributed by atoms with Gasteiger partial charge in [0.2, 0.25) is 0 Å². The van der Waals surface area contributed by atoms with E-state index in [0.29, 0.717) is 5.41 Å². The number of ether oxygens (including phenoxy) is 1. The van der Waals surface area contributed by atoms with Crippen LogP contribution < -0.4 is 0 Å². The summed E-state index contributed by atoms with van der Waals surface area (Å²) in [5.41, 5.74) is 0.474. The van der Waals surface area contributed by atoms with Gasteiger partial charge in [-0.1, -0.05) is 52.9 Å². The van der Waals surface area contributed by atoms with E-state index in [0.717, 1.165) is 31.6 Å². The Kier molecular flexibility index (Phi) is 8.10. The lowest BCUT2D eigenvalue weighted by Crippen LogP contribution is -2.32. The van der Waals surface area contributed by atoms with Gasteiger partial charge in [-0.05, 0) is 69.1 Å². The van der Waals surface area contributed by atoms with E-state index in [9.17, 15) is 4.79 Å². The minimum atomic E-state index is 0.114. The van der Waals surface area contributed by atoms with Gasteiger partial charge in [0.1, 0.15) is 6.10 Å². The maximum absolute atomic E-state index is 12.5. The van der Waals surface area contributed by atoms with Crippen molar-refractivity contribution in [3.63, 3.8) is 0 Å². The number of esters is 1. The molecule has 0 radical (unpaired) electrons. The molecule has 0 heterocycles. The SMILES string of the molecule is CCCCCC1CCC(OC(=O)C2CCC(C)(CCC)CC2)CC1. The van der Waals surface area contributed by atoms with Gasteiger partial charge in [0.25, 0.3) is 0 Å². The standard InChI is InChI=1S/C22H40O2/c1-4-6-7-8-18-9-11-20(12-10-18)24-21(23)19-13-16-22(3,15-5-2)17-14-19/h18-20H,4-17H2,1-3H3. The molecule has 2 aliphatic rings. The Labute approximate surface area is 150 Å². The number of carbonyl (C=O) groups excluding carboxylic acids is 1. The molecule has 140 valence electrons. The second-order valence-corrected chi connectivity index (χ2v) is 8.91. The van der Waals surface area contributed by atoms with Crippen molar-refractivity contribution in [1.29, 1.82) is 0 Å². The third-order valence-electron chi connectivity index (χ3n) is 6.67. The van der Waals surface area contributed by atoms with Crippen molar-refractivity contribution in [2.45, 2.75) is 117 Å². The van der Waals surface area contributed by atoms with Gasteiger partial charge in [-0.25, -0.2) is 0 Å². The first kappa shape index (κ1) is 19.8. The summed E-state index contributed by atoms with van der Waals surface area (Å²) < 4.78 is 5.89. The molecule has 0 aromatic carbocycles. The second kappa shape index (κ2) is 9.82. The van der Waals surface area contributed by atoms with Crippen LogP contribution in [0.2, 0.25) is 0 Å². The van der Waals surface area contributed by atoms with Crippen molar-refractivity contribution in [1.82, 2.24) is 0 Å². The molecule has 0 aliphatic heterocycles. The van der Waals surface area contributed by atoms with Gasteiger partial charge in [-0.3, -0.25) is 4.79 Å². The lowest BCUT2D eigenvalue weighted by atomic mass is 9.69. The van der Waals surface area contributed by atoms with E-state index in [1.165, 1.54) is 64.2 Å². The number of hydrogen-bond acceptors (Lipinski definition) is 2. The van der Waals surface area contributed by atoms with E-state index in [2.05, 4.69) is 20.8 Å². The van der Waals surface area contributed by atoms with E-state index >= 15 is 0 Å². The van der Waals surface area contributed by atoms with Crippen LogP contribution in [0.1, 0.15) is 111 Å². The zero-order chi connectivity index (χ0) is 17.4. The van der Waals surface area contributed by atoms with Crippen molar-refractivity contribution in [3.8, 4) is 0 Å². The number of carbonyl (C=O) groups is 1. The lowest BCUT2D eigenvalue weighted by Gasteiger charge is -2.37. The van der Waals surface area contributed by atoms with Crippen LogP contribution in [0.4, 0.5) is 0 Å². The molecule has 0 aromatic heterocycles. The van der Waals surface area contributed by atoms with Crippen LogP contribution >= 0.6 is 0 Å². The summed E-state index contributed by atoms with van der Waals surface area (Å²) in [6, 6.07) is 0. The highest BCUT2D eigenvalue weighted by atomic mass is 16.5. The molecule has 2 aliphatic carbocycles. The maximum atomic E-state index is 12.5. The molecular formula is C22H40O2. The van der Waals surface area contributed by atoms with Gasteiger partial charge in [0.15, 0.2) is 0 Å². The van der Waals surface area contributed by atoms with Crippen molar-refractivity contribution < 1.29 is 9.53 Å². The van der Waals surface area contributed by atoms with E-state index in [-0.39, 0.29) is 18.0 Å². The van der Waals surface area contributed by atoms with Crippen LogP contribution in [0.3, 0.4) is 0 Å². The normalized spacial score (nSPS) is 34.0. The first-order valence-corrected chi connectivity index (χ1v) is 10.8. The van der Waals surface area contributed by atoms with Crippen LogP contribution in [-0.2, 0) is 9.53 Å². The minimum Gasteiger partial charge on any atom is -0.462 e. The zero-order valence-corrected chi connectivity index (χ0v) is 16.4. The molecule has 0 unspecified atom stereocenters. The molecule has 0 spiro atoms. The van der Waals surface area contributed by atoms with Crippen LogP contribution in [0.5, 0.6) is 0 Å². The Hall–Kier alpha value is -0.530. The van der Waals surface area contributed by atoms with Crippen molar-refractivity contribution >= 4 is 5.97 Å². The zero-order valence-electron chi connectivity index (χ0n) is 16.4. The summed E-state index contributed by atoms with van der Waals surface area (Å²) >= 11 is 0. The Morgan fingerprint density at radius 1 is 0.958 bits per heavy atom. The Bertz CT molecular complexity index is 360. The van der Waals surface area contributed by atoms with Crippen molar-refractivity contribution in [2.24, 2.45) is 17.3 Å². The number of rotatable bonds is 8. The minimum absolute atomic E-state index is 0.114. The highest BCUT2D eigenvalue weighted by Crippen LogP contribution is 2.42. The molecule has 2 fully saturated rings. The predicted molar refractivity (Wildman–Crippen MR) is 101 cm³/mol. The third-order valence-corrected chi connectivity index (χ3v) is 6.67. The summed E-state index contributed by atoms with van der Waals surface area (Å²) in [6.07, 6.45) is 17.4. The molecule has 0 N–H and O–H groups in total. The highest BCUT2D eigenvalue weighted by Gasteiger charge is 2.35. The summed E-state index contributed by atoms with van der Waals surface area (Å²) in [7, 11) is 0. The highest BCUT2D eigenvalue weighted by molar-refractivity contribution is 5.72. The van der Waals surface area contributed by atoms with Gasteiger partial charge in [0.05, 0.1) is 5.92 Å². The Morgan fingerprint density at radius 3 is 2.21 bits per heavy atom. The second-order valence-electron chi connectivity index (χ2n) is 8.91. The fraction of sp³-hybridized carbons (Fsp3) is 0.955. The largest absolute Gasteiger partial charge is 0.462 e. The van der Waals surface area contributed by atoms with Crippen LogP contribution in [-0.4, -0.2) is 12.1 Å². The summed E-state index contributed by atoms with van der Waals surface area (Å²) in [6.45, 7) is 6.94. The molecule has 0 bridgehead atoms. The van der Waals surface area contributed by atoms with Crippen LogP contribution in [0.25, 0.3) is 0 Å². The molecule has 2 nitrogen and oxygen atoms in total. The predicted octanol–water partition coefficient (Wildman–Crippen LogP) is 6.67. The smallest absolute Gasteiger partial charge is 0.309 e. The van der Waals surface area contributed by atoms with Crippen LogP contribution in [0.15, 0.2) is 0 Å². The number of hydrogen-bond donors (Lipinski definition) is 0.